The van der Waals surface area contributed by atoms with Gasteiger partial charge in [-0.15, -0.1) is 11.6 Å². The summed E-state index contributed by atoms with van der Waals surface area (Å²) in [5.74, 6) is 1.09. The Hall–Kier alpha value is -0.240. The first-order valence-corrected chi connectivity index (χ1v) is 6.91. The quantitative estimate of drug-likeness (QED) is 0.657. The Morgan fingerprint density at radius 2 is 2.06 bits per heavy atom. The number of hydrogen-bond donors (Lipinski definition) is 0. The van der Waals surface area contributed by atoms with Crippen LogP contribution >= 0.6 is 11.6 Å². The van der Waals surface area contributed by atoms with Crippen LogP contribution in [0.15, 0.2) is 0 Å². The van der Waals surface area contributed by atoms with E-state index in [1.807, 2.05) is 18.9 Å². The van der Waals surface area contributed by atoms with Crippen LogP contribution in [0.2, 0.25) is 0 Å². The van der Waals surface area contributed by atoms with Crippen LogP contribution in [0.25, 0.3) is 0 Å². The van der Waals surface area contributed by atoms with Gasteiger partial charge in [-0.3, -0.25) is 4.79 Å². The smallest absolute Gasteiger partial charge is 0.222 e. The number of amides is 1. The van der Waals surface area contributed by atoms with Gasteiger partial charge in [-0.25, -0.2) is 0 Å². The molecule has 0 saturated heterocycles. The summed E-state index contributed by atoms with van der Waals surface area (Å²) in [6.45, 7) is 2.76. The minimum Gasteiger partial charge on any atom is -0.346 e. The van der Waals surface area contributed by atoms with Crippen molar-refractivity contribution in [2.75, 3.05) is 13.6 Å². The minimum atomic E-state index is 0.157. The van der Waals surface area contributed by atoms with E-state index in [1.54, 1.807) is 0 Å². The molecule has 1 saturated carbocycles. The first-order valence-electron chi connectivity index (χ1n) is 6.47. The fourth-order valence-electron chi connectivity index (χ4n) is 2.31. The summed E-state index contributed by atoms with van der Waals surface area (Å²) in [6.07, 6.45) is 8.06. The van der Waals surface area contributed by atoms with Gasteiger partial charge in [0, 0.05) is 25.4 Å². The third-order valence-corrected chi connectivity index (χ3v) is 3.75. The lowest BCUT2D eigenvalue weighted by Gasteiger charge is -2.18. The summed E-state index contributed by atoms with van der Waals surface area (Å²) in [4.78, 5) is 13.6. The molecule has 94 valence electrons. The predicted molar refractivity (Wildman–Crippen MR) is 68.8 cm³/mol. The van der Waals surface area contributed by atoms with E-state index in [0.29, 0.717) is 0 Å². The molecular weight excluding hydrogens is 222 g/mol. The average Bonchev–Trinajstić information content (AvgIpc) is 2.75. The molecule has 1 fully saturated rings. The Kier molecular flexibility index (Phi) is 6.18. The third kappa shape index (κ3) is 5.20. The Balaban J connectivity index is 2.12. The van der Waals surface area contributed by atoms with Gasteiger partial charge in [-0.1, -0.05) is 25.7 Å². The highest BCUT2D eigenvalue weighted by atomic mass is 35.5. The molecule has 1 unspecified atom stereocenters. The van der Waals surface area contributed by atoms with Crippen LogP contribution in [0.1, 0.15) is 51.9 Å². The molecule has 0 N–H and O–H groups in total. The van der Waals surface area contributed by atoms with Crippen LogP contribution in [0, 0.1) is 5.92 Å². The third-order valence-electron chi connectivity index (χ3n) is 3.53. The molecule has 3 heteroatoms. The topological polar surface area (TPSA) is 20.3 Å². The second-order valence-electron chi connectivity index (χ2n) is 5.07. The van der Waals surface area contributed by atoms with Gasteiger partial charge >= 0.3 is 0 Å². The summed E-state index contributed by atoms with van der Waals surface area (Å²) < 4.78 is 0. The molecule has 0 spiro atoms. The monoisotopic (exact) mass is 245 g/mol. The Morgan fingerprint density at radius 3 is 2.62 bits per heavy atom. The lowest BCUT2D eigenvalue weighted by molar-refractivity contribution is -0.130. The fraction of sp³-hybridized carbons (Fsp3) is 0.923. The van der Waals surface area contributed by atoms with Crippen LogP contribution in [-0.2, 0) is 4.79 Å². The molecule has 2 nitrogen and oxygen atoms in total. The predicted octanol–water partition coefficient (Wildman–Crippen LogP) is 3.43. The number of alkyl halides is 1. The van der Waals surface area contributed by atoms with Crippen LogP contribution < -0.4 is 0 Å². The van der Waals surface area contributed by atoms with Crippen LogP contribution in [0.4, 0.5) is 0 Å². The number of nitrogens with zero attached hydrogens (tertiary/aromatic N) is 1. The maximum Gasteiger partial charge on any atom is 0.222 e. The zero-order valence-electron chi connectivity index (χ0n) is 10.5. The lowest BCUT2D eigenvalue weighted by Crippen LogP contribution is -2.28. The normalized spacial score (nSPS) is 18.7. The highest BCUT2D eigenvalue weighted by Crippen LogP contribution is 2.28. The van der Waals surface area contributed by atoms with Crippen molar-refractivity contribution in [1.29, 1.82) is 0 Å². The second kappa shape index (κ2) is 7.16. The minimum absolute atomic E-state index is 0.157. The van der Waals surface area contributed by atoms with Gasteiger partial charge in [0.25, 0.3) is 0 Å². The number of rotatable bonds is 6. The molecule has 1 rings (SSSR count). The molecular formula is C13H24ClNO. The molecule has 0 bridgehead atoms. The van der Waals surface area contributed by atoms with Gasteiger partial charge in [0.15, 0.2) is 0 Å². The van der Waals surface area contributed by atoms with E-state index in [1.165, 1.54) is 25.7 Å². The largest absolute Gasteiger partial charge is 0.346 e. The molecule has 1 aliphatic carbocycles. The number of hydrogen-bond acceptors (Lipinski definition) is 1. The zero-order chi connectivity index (χ0) is 12.0. The van der Waals surface area contributed by atoms with E-state index < -0.39 is 0 Å². The Bertz CT molecular complexity index is 212. The van der Waals surface area contributed by atoms with Crippen molar-refractivity contribution < 1.29 is 4.79 Å². The second-order valence-corrected chi connectivity index (χ2v) is 5.82. The van der Waals surface area contributed by atoms with E-state index in [2.05, 4.69) is 0 Å². The molecule has 0 radical (unpaired) electrons. The summed E-state index contributed by atoms with van der Waals surface area (Å²) >= 11 is 5.87. The van der Waals surface area contributed by atoms with Crippen molar-refractivity contribution in [1.82, 2.24) is 4.90 Å². The molecule has 0 heterocycles. The van der Waals surface area contributed by atoms with Crippen molar-refractivity contribution >= 4 is 17.5 Å². The Morgan fingerprint density at radius 1 is 1.44 bits per heavy atom. The molecule has 1 aliphatic rings. The highest BCUT2D eigenvalue weighted by Gasteiger charge is 2.17. The summed E-state index contributed by atoms with van der Waals surface area (Å²) in [5, 5.41) is 0.157. The number of carbonyl (C=O) groups excluding carboxylic acids is 1. The van der Waals surface area contributed by atoms with Gasteiger partial charge in [0.05, 0.1) is 0 Å². The molecule has 0 aromatic rings. The SMILES string of the molecule is CC(Cl)CCN(C)C(=O)CCC1CCCC1. The molecule has 0 aromatic heterocycles. The Labute approximate surface area is 104 Å². The maximum absolute atomic E-state index is 11.8. The summed E-state index contributed by atoms with van der Waals surface area (Å²) in [7, 11) is 1.89. The average molecular weight is 246 g/mol. The molecule has 0 aromatic carbocycles. The van der Waals surface area contributed by atoms with Crippen molar-refractivity contribution in [3.8, 4) is 0 Å². The van der Waals surface area contributed by atoms with Gasteiger partial charge in [-0.05, 0) is 25.7 Å². The van der Waals surface area contributed by atoms with E-state index in [4.69, 9.17) is 11.6 Å². The zero-order valence-corrected chi connectivity index (χ0v) is 11.3. The van der Waals surface area contributed by atoms with Gasteiger partial charge in [-0.2, -0.15) is 0 Å². The first-order chi connectivity index (χ1) is 7.59. The van der Waals surface area contributed by atoms with E-state index >= 15 is 0 Å². The van der Waals surface area contributed by atoms with E-state index in [-0.39, 0.29) is 11.3 Å². The van der Waals surface area contributed by atoms with Gasteiger partial charge < -0.3 is 4.90 Å². The van der Waals surface area contributed by atoms with E-state index in [0.717, 1.165) is 31.7 Å². The highest BCUT2D eigenvalue weighted by molar-refractivity contribution is 6.20. The maximum atomic E-state index is 11.8. The molecule has 1 amide bonds. The fourth-order valence-corrected chi connectivity index (χ4v) is 2.41. The number of halogens is 1. The van der Waals surface area contributed by atoms with E-state index in [9.17, 15) is 4.79 Å². The lowest BCUT2D eigenvalue weighted by atomic mass is 10.0. The first kappa shape index (κ1) is 13.8. The van der Waals surface area contributed by atoms with Crippen LogP contribution in [0.5, 0.6) is 0 Å². The van der Waals surface area contributed by atoms with Crippen molar-refractivity contribution in [3.05, 3.63) is 0 Å². The van der Waals surface area contributed by atoms with Crippen molar-refractivity contribution in [2.24, 2.45) is 5.92 Å². The van der Waals surface area contributed by atoms with Crippen LogP contribution in [0.3, 0.4) is 0 Å². The standard InChI is InChI=1S/C13H24ClNO/c1-11(14)9-10-15(2)13(16)8-7-12-5-3-4-6-12/h11-12H,3-10H2,1-2H3. The summed E-state index contributed by atoms with van der Waals surface area (Å²) in [6, 6.07) is 0. The molecule has 1 atom stereocenters. The van der Waals surface area contributed by atoms with Gasteiger partial charge in [0.1, 0.15) is 0 Å². The van der Waals surface area contributed by atoms with Crippen LogP contribution in [-0.4, -0.2) is 29.8 Å². The molecule has 16 heavy (non-hydrogen) atoms. The van der Waals surface area contributed by atoms with Crippen molar-refractivity contribution in [3.63, 3.8) is 0 Å². The van der Waals surface area contributed by atoms with Gasteiger partial charge in [0.2, 0.25) is 5.91 Å². The summed E-state index contributed by atoms with van der Waals surface area (Å²) in [5.41, 5.74) is 0. The number of carbonyl (C=O) groups is 1. The molecule has 0 aliphatic heterocycles. The van der Waals surface area contributed by atoms with Crippen molar-refractivity contribution in [2.45, 2.75) is 57.2 Å².